The molecule has 3 heteroatoms. The lowest BCUT2D eigenvalue weighted by atomic mass is 10.0. The number of benzene rings is 1. The minimum Gasteiger partial charge on any atom is -0.324 e. The molecule has 0 saturated heterocycles. The first-order valence-corrected chi connectivity index (χ1v) is 6.65. The third kappa shape index (κ3) is 3.51. The lowest BCUT2D eigenvalue weighted by Crippen LogP contribution is -2.14. The molecular weight excluding hydrogens is 323 g/mol. The van der Waals surface area contributed by atoms with E-state index in [0.717, 1.165) is 12.1 Å². The van der Waals surface area contributed by atoms with Crippen LogP contribution >= 0.6 is 22.6 Å². The highest BCUT2D eigenvalue weighted by molar-refractivity contribution is 14.1. The summed E-state index contributed by atoms with van der Waals surface area (Å²) in [5.74, 6) is 0. The molecule has 0 bridgehead atoms. The molecule has 1 heterocycles. The number of hydrogen-bond acceptors (Lipinski definition) is 2. The molecule has 0 spiro atoms. The van der Waals surface area contributed by atoms with E-state index in [-0.39, 0.29) is 6.04 Å². The highest BCUT2D eigenvalue weighted by Crippen LogP contribution is 2.17. The molecule has 88 valence electrons. The molecule has 2 aromatic rings. The number of pyridine rings is 1. The fraction of sp³-hybridized carbons (Fsp3) is 0.214. The van der Waals surface area contributed by atoms with E-state index < -0.39 is 0 Å². The first kappa shape index (κ1) is 12.5. The van der Waals surface area contributed by atoms with Gasteiger partial charge in [-0.3, -0.25) is 4.98 Å². The molecular formula is C14H15IN2. The van der Waals surface area contributed by atoms with Crippen LogP contribution in [0, 0.1) is 10.5 Å². The summed E-state index contributed by atoms with van der Waals surface area (Å²) in [6.07, 6.45) is 2.66. The Bertz CT molecular complexity index is 494. The Morgan fingerprint density at radius 2 is 2.12 bits per heavy atom. The smallest absolute Gasteiger partial charge is 0.0422 e. The van der Waals surface area contributed by atoms with E-state index in [4.69, 9.17) is 5.73 Å². The van der Waals surface area contributed by atoms with E-state index in [1.54, 1.807) is 0 Å². The summed E-state index contributed by atoms with van der Waals surface area (Å²) in [5.41, 5.74) is 9.58. The first-order valence-electron chi connectivity index (χ1n) is 5.58. The van der Waals surface area contributed by atoms with E-state index in [1.165, 1.54) is 14.7 Å². The Kier molecular flexibility index (Phi) is 4.12. The van der Waals surface area contributed by atoms with Gasteiger partial charge >= 0.3 is 0 Å². The second-order valence-electron chi connectivity index (χ2n) is 4.19. The fourth-order valence-corrected chi connectivity index (χ4v) is 2.27. The average molecular weight is 338 g/mol. The predicted octanol–water partition coefficient (Wildman–Crippen LogP) is 3.24. The summed E-state index contributed by atoms with van der Waals surface area (Å²) in [4.78, 5) is 4.38. The zero-order valence-corrected chi connectivity index (χ0v) is 11.9. The summed E-state index contributed by atoms with van der Waals surface area (Å²) < 4.78 is 1.22. The molecule has 0 saturated carbocycles. The van der Waals surface area contributed by atoms with E-state index >= 15 is 0 Å². The van der Waals surface area contributed by atoms with Crippen LogP contribution in [0.4, 0.5) is 0 Å². The number of aryl methyl sites for hydroxylation is 1. The van der Waals surface area contributed by atoms with Crippen LogP contribution in [0.15, 0.2) is 42.6 Å². The van der Waals surface area contributed by atoms with Crippen molar-refractivity contribution in [1.82, 2.24) is 4.98 Å². The lowest BCUT2D eigenvalue weighted by Gasteiger charge is -2.12. The maximum absolute atomic E-state index is 6.19. The Morgan fingerprint density at radius 3 is 2.76 bits per heavy atom. The third-order valence-corrected chi connectivity index (χ3v) is 3.35. The van der Waals surface area contributed by atoms with Gasteiger partial charge in [0.25, 0.3) is 0 Å². The fourth-order valence-electron chi connectivity index (χ4n) is 1.70. The minimum atomic E-state index is 0.0138. The number of aromatic nitrogens is 1. The summed E-state index contributed by atoms with van der Waals surface area (Å²) in [6.45, 7) is 2.04. The second kappa shape index (κ2) is 5.60. The van der Waals surface area contributed by atoms with Gasteiger partial charge in [0.05, 0.1) is 0 Å². The molecule has 17 heavy (non-hydrogen) atoms. The van der Waals surface area contributed by atoms with Gasteiger partial charge in [-0.2, -0.15) is 0 Å². The van der Waals surface area contributed by atoms with Crippen molar-refractivity contribution >= 4 is 22.6 Å². The van der Waals surface area contributed by atoms with Gasteiger partial charge < -0.3 is 5.73 Å². The number of nitrogens with zero attached hydrogens (tertiary/aromatic N) is 1. The molecule has 1 unspecified atom stereocenters. The molecule has 0 aliphatic rings. The van der Waals surface area contributed by atoms with Crippen LogP contribution in [-0.4, -0.2) is 4.98 Å². The standard InChI is InChI=1S/C14H15IN2/c1-10-5-6-13(17-9-10)8-14(16)11-3-2-4-12(15)7-11/h2-7,9,14H,8,16H2,1H3. The summed E-state index contributed by atoms with van der Waals surface area (Å²) in [6, 6.07) is 12.4. The van der Waals surface area contributed by atoms with Crippen molar-refractivity contribution in [3.8, 4) is 0 Å². The van der Waals surface area contributed by atoms with Crippen LogP contribution < -0.4 is 5.73 Å². The van der Waals surface area contributed by atoms with Gasteiger partial charge in [0.1, 0.15) is 0 Å². The third-order valence-electron chi connectivity index (χ3n) is 2.68. The summed E-state index contributed by atoms with van der Waals surface area (Å²) in [7, 11) is 0. The number of hydrogen-bond donors (Lipinski definition) is 1. The monoisotopic (exact) mass is 338 g/mol. The van der Waals surface area contributed by atoms with E-state index in [2.05, 4.69) is 51.8 Å². The zero-order valence-electron chi connectivity index (χ0n) is 9.73. The average Bonchev–Trinajstić information content (AvgIpc) is 2.32. The Morgan fingerprint density at radius 1 is 1.29 bits per heavy atom. The highest BCUT2D eigenvalue weighted by Gasteiger charge is 2.08. The molecule has 0 radical (unpaired) electrons. The number of rotatable bonds is 3. The normalized spacial score (nSPS) is 12.4. The van der Waals surface area contributed by atoms with Crippen LogP contribution in [-0.2, 0) is 6.42 Å². The van der Waals surface area contributed by atoms with Crippen molar-refractivity contribution < 1.29 is 0 Å². The van der Waals surface area contributed by atoms with Crippen LogP contribution in [0.1, 0.15) is 22.9 Å². The Hall–Kier alpha value is -0.940. The number of halogens is 1. The van der Waals surface area contributed by atoms with Gasteiger partial charge in [0, 0.05) is 27.9 Å². The molecule has 2 rings (SSSR count). The van der Waals surface area contributed by atoms with Crippen molar-refractivity contribution in [3.63, 3.8) is 0 Å². The van der Waals surface area contributed by atoms with Gasteiger partial charge in [-0.1, -0.05) is 18.2 Å². The van der Waals surface area contributed by atoms with Crippen molar-refractivity contribution in [2.45, 2.75) is 19.4 Å². The second-order valence-corrected chi connectivity index (χ2v) is 5.44. The SMILES string of the molecule is Cc1ccc(CC(N)c2cccc(I)c2)nc1. The Balaban J connectivity index is 2.11. The molecule has 2 N–H and O–H groups in total. The van der Waals surface area contributed by atoms with Crippen molar-refractivity contribution in [3.05, 3.63) is 63.0 Å². The molecule has 0 aliphatic heterocycles. The minimum absolute atomic E-state index is 0.0138. The van der Waals surface area contributed by atoms with Gasteiger partial charge in [-0.25, -0.2) is 0 Å². The molecule has 1 atom stereocenters. The maximum Gasteiger partial charge on any atom is 0.0422 e. The first-order chi connectivity index (χ1) is 8.15. The maximum atomic E-state index is 6.19. The van der Waals surface area contributed by atoms with Gasteiger partial charge in [-0.05, 0) is 58.8 Å². The predicted molar refractivity (Wildman–Crippen MR) is 78.8 cm³/mol. The lowest BCUT2D eigenvalue weighted by molar-refractivity contribution is 0.706. The molecule has 0 amide bonds. The quantitative estimate of drug-likeness (QED) is 0.873. The Labute approximate surface area is 115 Å². The van der Waals surface area contributed by atoms with Gasteiger partial charge in [0.2, 0.25) is 0 Å². The van der Waals surface area contributed by atoms with E-state index in [0.29, 0.717) is 0 Å². The molecule has 1 aromatic carbocycles. The van der Waals surface area contributed by atoms with Crippen molar-refractivity contribution in [2.24, 2.45) is 5.73 Å². The van der Waals surface area contributed by atoms with E-state index in [9.17, 15) is 0 Å². The topological polar surface area (TPSA) is 38.9 Å². The van der Waals surface area contributed by atoms with Crippen LogP contribution in [0.2, 0.25) is 0 Å². The van der Waals surface area contributed by atoms with Gasteiger partial charge in [-0.15, -0.1) is 0 Å². The molecule has 0 fully saturated rings. The van der Waals surface area contributed by atoms with Crippen LogP contribution in [0.5, 0.6) is 0 Å². The van der Waals surface area contributed by atoms with Crippen molar-refractivity contribution in [2.75, 3.05) is 0 Å². The van der Waals surface area contributed by atoms with Crippen molar-refractivity contribution in [1.29, 1.82) is 0 Å². The highest BCUT2D eigenvalue weighted by atomic mass is 127. The number of nitrogens with two attached hydrogens (primary N) is 1. The molecule has 0 aliphatic carbocycles. The van der Waals surface area contributed by atoms with Gasteiger partial charge in [0.15, 0.2) is 0 Å². The zero-order chi connectivity index (χ0) is 12.3. The largest absolute Gasteiger partial charge is 0.324 e. The summed E-state index contributed by atoms with van der Waals surface area (Å²) >= 11 is 2.30. The molecule has 2 nitrogen and oxygen atoms in total. The van der Waals surface area contributed by atoms with E-state index in [1.807, 2.05) is 25.3 Å². The summed E-state index contributed by atoms with van der Waals surface area (Å²) in [5, 5.41) is 0. The molecule has 1 aromatic heterocycles. The van der Waals surface area contributed by atoms with Crippen LogP contribution in [0.3, 0.4) is 0 Å². The van der Waals surface area contributed by atoms with Crippen LogP contribution in [0.25, 0.3) is 0 Å².